The fourth-order valence-electron chi connectivity index (χ4n) is 3.73. The van der Waals surface area contributed by atoms with Crippen LogP contribution in [0, 0.1) is 0 Å². The van der Waals surface area contributed by atoms with Crippen molar-refractivity contribution in [3.63, 3.8) is 0 Å². The molecule has 0 unspecified atom stereocenters. The van der Waals surface area contributed by atoms with E-state index in [9.17, 15) is 0 Å². The molecule has 8 nitrogen and oxygen atoms in total. The highest BCUT2D eigenvalue weighted by Crippen LogP contribution is 2.34. The number of hydrogen-bond acceptors (Lipinski definition) is 6. The van der Waals surface area contributed by atoms with Gasteiger partial charge in [0.25, 0.3) is 0 Å². The number of aliphatic hydroxyl groups excluding tert-OH is 1. The third-order valence-electron chi connectivity index (χ3n) is 5.33. The monoisotopic (exact) mass is 414 g/mol. The van der Waals surface area contributed by atoms with Crippen molar-refractivity contribution in [1.29, 1.82) is 0 Å². The second-order valence-electron chi connectivity index (χ2n) is 7.69. The van der Waals surface area contributed by atoms with Crippen molar-refractivity contribution in [2.75, 3.05) is 26.4 Å². The Morgan fingerprint density at radius 3 is 3.03 bits per heavy atom. The number of ether oxygens (including phenoxy) is 3. The number of fused-ring (bicyclic) bond motifs is 1. The van der Waals surface area contributed by atoms with E-state index in [0.29, 0.717) is 19.6 Å². The third-order valence-corrected chi connectivity index (χ3v) is 5.33. The standard InChI is InChI=1S/C22H30N4O4/c1-16(8-12-28-10-4-9-27)30-18-6-7-20-19(13-18)22(17-14-23-24-15-17)25-26(20)21-5-2-3-11-29-21/h6-7,13-16,21,27H,2-5,8-12H2,1H3,(H,23,24)/t16-,21-/m1/s1. The van der Waals surface area contributed by atoms with Gasteiger partial charge >= 0.3 is 0 Å². The van der Waals surface area contributed by atoms with E-state index in [0.717, 1.165) is 60.2 Å². The lowest BCUT2D eigenvalue weighted by Crippen LogP contribution is -2.19. The molecule has 1 fully saturated rings. The first-order valence-electron chi connectivity index (χ1n) is 10.7. The van der Waals surface area contributed by atoms with Crippen LogP contribution in [0.4, 0.5) is 0 Å². The molecule has 1 saturated heterocycles. The first-order chi connectivity index (χ1) is 14.8. The van der Waals surface area contributed by atoms with Gasteiger partial charge in [0.05, 0.1) is 24.4 Å². The van der Waals surface area contributed by atoms with Gasteiger partial charge < -0.3 is 19.3 Å². The minimum Gasteiger partial charge on any atom is -0.491 e. The molecule has 0 spiro atoms. The highest BCUT2D eigenvalue weighted by molar-refractivity contribution is 5.94. The molecule has 2 N–H and O–H groups in total. The molecule has 1 aliphatic heterocycles. The second kappa shape index (κ2) is 10.1. The van der Waals surface area contributed by atoms with Gasteiger partial charge in [0, 0.05) is 43.4 Å². The van der Waals surface area contributed by atoms with E-state index in [1.165, 1.54) is 0 Å². The lowest BCUT2D eigenvalue weighted by atomic mass is 10.1. The van der Waals surface area contributed by atoms with Crippen LogP contribution in [0.25, 0.3) is 22.2 Å². The number of nitrogens with zero attached hydrogens (tertiary/aromatic N) is 3. The number of hydrogen-bond donors (Lipinski definition) is 2. The summed E-state index contributed by atoms with van der Waals surface area (Å²) in [6.07, 6.45) is 8.28. The lowest BCUT2D eigenvalue weighted by Gasteiger charge is -2.23. The minimum atomic E-state index is -0.0383. The van der Waals surface area contributed by atoms with Crippen LogP contribution in [0.3, 0.4) is 0 Å². The number of benzene rings is 1. The summed E-state index contributed by atoms with van der Waals surface area (Å²) < 4.78 is 19.6. The zero-order valence-corrected chi connectivity index (χ0v) is 17.4. The largest absolute Gasteiger partial charge is 0.491 e. The number of aromatic amines is 1. The summed E-state index contributed by atoms with van der Waals surface area (Å²) in [7, 11) is 0. The predicted octanol–water partition coefficient (Wildman–Crippen LogP) is 3.68. The molecule has 8 heteroatoms. The van der Waals surface area contributed by atoms with Gasteiger partial charge in [-0.3, -0.25) is 5.10 Å². The maximum absolute atomic E-state index is 8.81. The zero-order valence-electron chi connectivity index (χ0n) is 17.4. The molecule has 3 heterocycles. The van der Waals surface area contributed by atoms with Crippen LogP contribution in [0.5, 0.6) is 5.75 Å². The number of rotatable bonds is 10. The normalized spacial score (nSPS) is 18.0. The van der Waals surface area contributed by atoms with E-state index in [4.69, 9.17) is 24.4 Å². The zero-order chi connectivity index (χ0) is 20.8. The Morgan fingerprint density at radius 1 is 1.33 bits per heavy atom. The van der Waals surface area contributed by atoms with Gasteiger partial charge in [0.1, 0.15) is 11.4 Å². The Hall–Kier alpha value is -2.42. The Balaban J connectivity index is 1.54. The topological polar surface area (TPSA) is 94.4 Å². The molecule has 0 saturated carbocycles. The number of aliphatic hydroxyl groups is 1. The highest BCUT2D eigenvalue weighted by Gasteiger charge is 2.22. The van der Waals surface area contributed by atoms with E-state index in [2.05, 4.69) is 16.3 Å². The van der Waals surface area contributed by atoms with Crippen LogP contribution in [0.2, 0.25) is 0 Å². The van der Waals surface area contributed by atoms with Gasteiger partial charge in [-0.05, 0) is 50.8 Å². The number of nitrogens with one attached hydrogen (secondary N) is 1. The molecule has 0 bridgehead atoms. The Bertz CT molecular complexity index is 919. The van der Waals surface area contributed by atoms with Crippen LogP contribution in [-0.2, 0) is 9.47 Å². The minimum absolute atomic E-state index is 0.0191. The Kier molecular flexibility index (Phi) is 6.99. The first kappa shape index (κ1) is 20.8. The quantitative estimate of drug-likeness (QED) is 0.492. The Labute approximate surface area is 176 Å². The second-order valence-corrected chi connectivity index (χ2v) is 7.69. The van der Waals surface area contributed by atoms with Crippen molar-refractivity contribution in [2.45, 2.75) is 51.4 Å². The van der Waals surface area contributed by atoms with Crippen molar-refractivity contribution < 1.29 is 19.3 Å². The molecule has 162 valence electrons. The SMILES string of the molecule is C[C@H](CCOCCCO)Oc1ccc2c(c1)c(-c1cn[nH]c1)nn2[C@H]1CCCCO1. The fraction of sp³-hybridized carbons (Fsp3) is 0.545. The summed E-state index contributed by atoms with van der Waals surface area (Å²) in [5, 5.41) is 21.7. The molecule has 0 radical (unpaired) electrons. The van der Waals surface area contributed by atoms with Gasteiger partial charge in [-0.2, -0.15) is 10.2 Å². The van der Waals surface area contributed by atoms with E-state index in [-0.39, 0.29) is 18.9 Å². The molecule has 1 aliphatic rings. The van der Waals surface area contributed by atoms with E-state index >= 15 is 0 Å². The highest BCUT2D eigenvalue weighted by atomic mass is 16.5. The predicted molar refractivity (Wildman–Crippen MR) is 113 cm³/mol. The van der Waals surface area contributed by atoms with Gasteiger partial charge in [-0.25, -0.2) is 4.68 Å². The van der Waals surface area contributed by atoms with Gasteiger partial charge in [-0.1, -0.05) is 0 Å². The van der Waals surface area contributed by atoms with Crippen LogP contribution in [-0.4, -0.2) is 57.6 Å². The summed E-state index contributed by atoms with van der Waals surface area (Å²) >= 11 is 0. The van der Waals surface area contributed by atoms with Crippen molar-refractivity contribution in [2.24, 2.45) is 0 Å². The van der Waals surface area contributed by atoms with Gasteiger partial charge in [0.2, 0.25) is 0 Å². The van der Waals surface area contributed by atoms with Crippen molar-refractivity contribution >= 4 is 10.9 Å². The summed E-state index contributed by atoms with van der Waals surface area (Å²) in [6.45, 7) is 4.15. The molecular formula is C22H30N4O4. The molecular weight excluding hydrogens is 384 g/mol. The number of aromatic nitrogens is 4. The Morgan fingerprint density at radius 2 is 2.27 bits per heavy atom. The smallest absolute Gasteiger partial charge is 0.150 e. The average Bonchev–Trinajstić information content (AvgIpc) is 3.42. The molecule has 30 heavy (non-hydrogen) atoms. The van der Waals surface area contributed by atoms with E-state index < -0.39 is 0 Å². The molecule has 3 aromatic rings. The molecule has 0 aliphatic carbocycles. The molecule has 0 amide bonds. The molecule has 4 rings (SSSR count). The van der Waals surface area contributed by atoms with Crippen molar-refractivity contribution in [3.8, 4) is 17.0 Å². The summed E-state index contributed by atoms with van der Waals surface area (Å²) in [5.41, 5.74) is 2.85. The van der Waals surface area contributed by atoms with E-state index in [1.807, 2.05) is 29.9 Å². The number of H-pyrrole nitrogens is 1. The fourth-order valence-corrected chi connectivity index (χ4v) is 3.73. The first-order valence-corrected chi connectivity index (χ1v) is 10.7. The maximum Gasteiger partial charge on any atom is 0.150 e. The summed E-state index contributed by atoms with van der Waals surface area (Å²) in [4.78, 5) is 0. The third kappa shape index (κ3) is 4.83. The maximum atomic E-state index is 8.81. The van der Waals surface area contributed by atoms with E-state index in [1.54, 1.807) is 6.20 Å². The lowest BCUT2D eigenvalue weighted by molar-refractivity contribution is -0.0365. The summed E-state index contributed by atoms with van der Waals surface area (Å²) in [5.74, 6) is 0.805. The van der Waals surface area contributed by atoms with Crippen LogP contribution < -0.4 is 4.74 Å². The van der Waals surface area contributed by atoms with Crippen LogP contribution >= 0.6 is 0 Å². The molecule has 2 atom stereocenters. The van der Waals surface area contributed by atoms with Crippen LogP contribution in [0.1, 0.15) is 45.3 Å². The average molecular weight is 415 g/mol. The molecule has 2 aromatic heterocycles. The summed E-state index contributed by atoms with van der Waals surface area (Å²) in [6, 6.07) is 6.10. The van der Waals surface area contributed by atoms with Crippen molar-refractivity contribution in [3.05, 3.63) is 30.6 Å². The van der Waals surface area contributed by atoms with Gasteiger partial charge in [-0.15, -0.1) is 0 Å². The van der Waals surface area contributed by atoms with Gasteiger partial charge in [0.15, 0.2) is 6.23 Å². The van der Waals surface area contributed by atoms with Crippen molar-refractivity contribution in [1.82, 2.24) is 20.0 Å². The van der Waals surface area contributed by atoms with Crippen LogP contribution in [0.15, 0.2) is 30.6 Å². The molecule has 1 aromatic carbocycles.